The lowest BCUT2D eigenvalue weighted by Crippen LogP contribution is -2.32. The van der Waals surface area contributed by atoms with Crippen LogP contribution in [0.5, 0.6) is 0 Å². The van der Waals surface area contributed by atoms with E-state index in [1.54, 1.807) is 19.1 Å². The normalized spacial score (nSPS) is 19.6. The Morgan fingerprint density at radius 3 is 2.09 bits per heavy atom. The summed E-state index contributed by atoms with van der Waals surface area (Å²) in [4.78, 5) is 28.6. The van der Waals surface area contributed by atoms with E-state index < -0.39 is 0 Å². The summed E-state index contributed by atoms with van der Waals surface area (Å²) in [6.45, 7) is 17.6. The quantitative estimate of drug-likeness (QED) is 0.278. The Bertz CT molecular complexity index is 1020. The first-order chi connectivity index (χ1) is 15.5. The largest absolute Gasteiger partial charge is 0.292 e. The van der Waals surface area contributed by atoms with Gasteiger partial charge in [0.15, 0.2) is 11.6 Å². The van der Waals surface area contributed by atoms with E-state index in [0.717, 1.165) is 19.3 Å². The molecule has 0 saturated carbocycles. The van der Waals surface area contributed by atoms with Gasteiger partial charge in [0.25, 0.3) is 0 Å². The Morgan fingerprint density at radius 2 is 1.52 bits per heavy atom. The first-order valence-corrected chi connectivity index (χ1v) is 12.5. The van der Waals surface area contributed by atoms with Crippen LogP contribution in [0.1, 0.15) is 101 Å². The highest BCUT2D eigenvalue weighted by atomic mass is 16.1. The van der Waals surface area contributed by atoms with Gasteiger partial charge in [-0.15, -0.1) is 0 Å². The van der Waals surface area contributed by atoms with Crippen molar-refractivity contribution >= 4 is 11.6 Å². The highest BCUT2D eigenvalue weighted by Crippen LogP contribution is 2.37. The van der Waals surface area contributed by atoms with Crippen molar-refractivity contribution in [3.05, 3.63) is 69.8 Å². The van der Waals surface area contributed by atoms with Crippen molar-refractivity contribution < 1.29 is 9.59 Å². The van der Waals surface area contributed by atoms with Crippen LogP contribution in [-0.2, 0) is 0 Å². The second-order valence-corrected chi connectivity index (χ2v) is 11.0. The molecule has 1 aliphatic carbocycles. The minimum absolute atomic E-state index is 0.00692. The summed E-state index contributed by atoms with van der Waals surface area (Å²) in [5.74, 6) is -0.00680. The number of benzene rings is 1. The molecule has 0 spiro atoms. The van der Waals surface area contributed by atoms with Gasteiger partial charge < -0.3 is 0 Å². The van der Waals surface area contributed by atoms with E-state index in [0.29, 0.717) is 28.7 Å². The average Bonchev–Trinajstić information content (AvgIpc) is 3.60. The topological polar surface area (TPSA) is 37.1 Å². The lowest BCUT2D eigenvalue weighted by molar-refractivity contribution is 0.0968. The van der Waals surface area contributed by atoms with Crippen LogP contribution < -0.4 is 0 Å². The molecule has 1 aromatic carbocycles. The molecule has 0 amide bonds. The second-order valence-electron chi connectivity index (χ2n) is 11.0. The Kier molecular flexibility index (Phi) is 7.63. The van der Waals surface area contributed by atoms with Gasteiger partial charge in [-0.2, -0.15) is 0 Å². The number of carbonyl (C=O) groups excluding carboxylic acids is 2. The maximum atomic E-state index is 13.2. The molecule has 3 rings (SSSR count). The molecule has 1 fully saturated rings. The van der Waals surface area contributed by atoms with E-state index in [1.807, 2.05) is 12.1 Å². The fourth-order valence-corrected chi connectivity index (χ4v) is 5.34. The van der Waals surface area contributed by atoms with Crippen molar-refractivity contribution in [1.82, 2.24) is 4.90 Å². The standard InChI is InChI=1S/C30H41NO2/c1-8-11-21(2)19-30(7,31-16-17-31)15-14-22(3)18-29(5,6)20-26-23(4)27(32)24-12-9-10-13-25(24)28(26)33/h9-10,12-13,18-19H,8,11,14-17,20H2,1-7H3/b21-19+,22-18+. The van der Waals surface area contributed by atoms with Crippen LogP contribution >= 0.6 is 0 Å². The number of allylic oxidation sites excluding steroid dienone is 5. The Balaban J connectivity index is 1.73. The molecule has 0 radical (unpaired) electrons. The zero-order valence-electron chi connectivity index (χ0n) is 21.7. The number of rotatable bonds is 10. The molecule has 0 N–H and O–H groups in total. The summed E-state index contributed by atoms with van der Waals surface area (Å²) >= 11 is 0. The van der Waals surface area contributed by atoms with Gasteiger partial charge in [0.1, 0.15) is 0 Å². The van der Waals surface area contributed by atoms with E-state index >= 15 is 0 Å². The summed E-state index contributed by atoms with van der Waals surface area (Å²) in [5.41, 5.74) is 5.10. The van der Waals surface area contributed by atoms with Crippen molar-refractivity contribution in [3.8, 4) is 0 Å². The van der Waals surface area contributed by atoms with Crippen molar-refractivity contribution in [2.75, 3.05) is 13.1 Å². The van der Waals surface area contributed by atoms with E-state index in [2.05, 4.69) is 58.6 Å². The summed E-state index contributed by atoms with van der Waals surface area (Å²) in [5, 5.41) is 0. The third-order valence-electron chi connectivity index (χ3n) is 7.15. The number of ketones is 2. The predicted molar refractivity (Wildman–Crippen MR) is 138 cm³/mol. The Hall–Kier alpha value is -2.26. The molecule has 33 heavy (non-hydrogen) atoms. The molecular weight excluding hydrogens is 406 g/mol. The monoisotopic (exact) mass is 447 g/mol. The average molecular weight is 448 g/mol. The van der Waals surface area contributed by atoms with Crippen molar-refractivity contribution in [3.63, 3.8) is 0 Å². The molecule has 1 aliphatic heterocycles. The van der Waals surface area contributed by atoms with Crippen LogP contribution in [0, 0.1) is 5.41 Å². The molecular formula is C30H41NO2. The van der Waals surface area contributed by atoms with Gasteiger partial charge in [0, 0.05) is 40.9 Å². The van der Waals surface area contributed by atoms with Crippen LogP contribution in [0.15, 0.2) is 58.7 Å². The predicted octanol–water partition coefficient (Wildman–Crippen LogP) is 7.35. The molecule has 1 aromatic rings. The molecule has 2 aliphatic rings. The molecule has 1 atom stereocenters. The lowest BCUT2D eigenvalue weighted by atomic mass is 9.76. The fourth-order valence-electron chi connectivity index (χ4n) is 5.34. The van der Waals surface area contributed by atoms with Gasteiger partial charge in [-0.1, -0.05) is 74.8 Å². The summed E-state index contributed by atoms with van der Waals surface area (Å²) < 4.78 is 0. The van der Waals surface area contributed by atoms with Crippen LogP contribution in [0.2, 0.25) is 0 Å². The number of Topliss-reactive ketones (excluding diaryl/α,β-unsaturated/α-hetero) is 2. The maximum Gasteiger partial charge on any atom is 0.190 e. The van der Waals surface area contributed by atoms with Gasteiger partial charge in [0.05, 0.1) is 0 Å². The first kappa shape index (κ1) is 25.4. The van der Waals surface area contributed by atoms with Crippen LogP contribution in [0.25, 0.3) is 0 Å². The highest BCUT2D eigenvalue weighted by molar-refractivity contribution is 6.26. The lowest BCUT2D eigenvalue weighted by Gasteiger charge is -2.30. The molecule has 3 nitrogen and oxygen atoms in total. The number of carbonyl (C=O) groups is 2. The zero-order valence-corrected chi connectivity index (χ0v) is 21.7. The second kappa shape index (κ2) is 9.93. The fraction of sp³-hybridized carbons (Fsp3) is 0.533. The molecule has 0 aromatic heterocycles. The SMILES string of the molecule is CCC/C(C)=C/C(C)(CC/C(C)=C/C(C)(C)CC1=C(C)C(=O)c2ccccc2C1=O)N1CC1. The maximum absolute atomic E-state index is 13.2. The molecule has 1 unspecified atom stereocenters. The van der Waals surface area contributed by atoms with E-state index in [4.69, 9.17) is 0 Å². The van der Waals surface area contributed by atoms with Gasteiger partial charge >= 0.3 is 0 Å². The third kappa shape index (κ3) is 6.00. The van der Waals surface area contributed by atoms with E-state index in [1.165, 1.54) is 30.7 Å². The Labute approximate surface area is 200 Å². The number of hydrogen-bond acceptors (Lipinski definition) is 3. The summed E-state index contributed by atoms with van der Waals surface area (Å²) in [6.07, 6.45) is 9.85. The molecule has 0 bridgehead atoms. The minimum atomic E-state index is -0.201. The van der Waals surface area contributed by atoms with E-state index in [9.17, 15) is 9.59 Å². The number of fused-ring (bicyclic) bond motifs is 1. The van der Waals surface area contributed by atoms with Crippen LogP contribution in [-0.4, -0.2) is 35.1 Å². The first-order valence-electron chi connectivity index (χ1n) is 12.5. The van der Waals surface area contributed by atoms with E-state index in [-0.39, 0.29) is 22.5 Å². The van der Waals surface area contributed by atoms with Crippen LogP contribution in [0.3, 0.4) is 0 Å². The van der Waals surface area contributed by atoms with Gasteiger partial charge in [-0.05, 0) is 58.8 Å². The molecule has 3 heteroatoms. The Morgan fingerprint density at radius 1 is 0.939 bits per heavy atom. The minimum Gasteiger partial charge on any atom is -0.292 e. The number of hydrogen-bond donors (Lipinski definition) is 0. The molecule has 1 heterocycles. The summed E-state index contributed by atoms with van der Waals surface area (Å²) in [6, 6.07) is 7.19. The van der Waals surface area contributed by atoms with Crippen molar-refractivity contribution in [2.24, 2.45) is 5.41 Å². The highest BCUT2D eigenvalue weighted by Gasteiger charge is 2.37. The van der Waals surface area contributed by atoms with Crippen LogP contribution in [0.4, 0.5) is 0 Å². The van der Waals surface area contributed by atoms with Crippen molar-refractivity contribution in [1.29, 1.82) is 0 Å². The van der Waals surface area contributed by atoms with Gasteiger partial charge in [-0.25, -0.2) is 0 Å². The summed E-state index contributed by atoms with van der Waals surface area (Å²) in [7, 11) is 0. The van der Waals surface area contributed by atoms with Crippen molar-refractivity contribution in [2.45, 2.75) is 86.1 Å². The third-order valence-corrected chi connectivity index (χ3v) is 7.15. The van der Waals surface area contributed by atoms with Gasteiger partial charge in [0.2, 0.25) is 0 Å². The zero-order chi connectivity index (χ0) is 24.4. The van der Waals surface area contributed by atoms with Gasteiger partial charge in [-0.3, -0.25) is 14.5 Å². The number of nitrogens with zero attached hydrogens (tertiary/aromatic N) is 1. The smallest absolute Gasteiger partial charge is 0.190 e. The molecule has 178 valence electrons. The molecule has 1 saturated heterocycles.